The van der Waals surface area contributed by atoms with E-state index in [-0.39, 0.29) is 16.7 Å². The van der Waals surface area contributed by atoms with Crippen LogP contribution in [0.4, 0.5) is 5.69 Å². The Bertz CT molecular complexity index is 626. The molecule has 0 spiro atoms. The van der Waals surface area contributed by atoms with Crippen LogP contribution in [-0.2, 0) is 6.42 Å². The summed E-state index contributed by atoms with van der Waals surface area (Å²) in [6, 6.07) is 11.9. The monoisotopic (exact) mass is 289 g/mol. The average Bonchev–Trinajstić information content (AvgIpc) is 2.42. The number of nitro benzene ring substituents is 1. The fraction of sp³-hybridized carbons (Fsp3) is 0.200. The zero-order valence-electron chi connectivity index (χ0n) is 11.0. The van der Waals surface area contributed by atoms with Crippen LogP contribution < -0.4 is 0 Å². The molecule has 104 valence electrons. The maximum Gasteiger partial charge on any atom is 0.269 e. The van der Waals surface area contributed by atoms with E-state index in [0.717, 1.165) is 16.7 Å². The Morgan fingerprint density at radius 3 is 2.45 bits per heavy atom. The molecule has 0 amide bonds. The second-order valence-corrected chi connectivity index (χ2v) is 5.31. The van der Waals surface area contributed by atoms with Crippen LogP contribution in [0.1, 0.15) is 21.9 Å². The molecule has 4 nitrogen and oxygen atoms in total. The molecule has 1 N–H and O–H groups in total. The molecule has 0 bridgehead atoms. The molecule has 0 fully saturated rings. The van der Waals surface area contributed by atoms with Gasteiger partial charge >= 0.3 is 0 Å². The van der Waals surface area contributed by atoms with Crippen molar-refractivity contribution in [3.63, 3.8) is 0 Å². The molecular formula is C15H15NO3S. The maximum absolute atomic E-state index is 10.6. The molecule has 0 saturated heterocycles. The molecule has 0 saturated carbocycles. The highest BCUT2D eigenvalue weighted by atomic mass is 32.1. The summed E-state index contributed by atoms with van der Waals surface area (Å²) in [5.74, 6) is 0.268. The molecule has 2 rings (SSSR count). The van der Waals surface area contributed by atoms with Gasteiger partial charge in [-0.05, 0) is 36.1 Å². The van der Waals surface area contributed by atoms with Gasteiger partial charge in [0.05, 0.1) is 4.92 Å². The Morgan fingerprint density at radius 2 is 1.90 bits per heavy atom. The highest BCUT2D eigenvalue weighted by molar-refractivity contribution is 7.80. The number of hydrogen-bond donors (Lipinski definition) is 2. The second kappa shape index (κ2) is 5.96. The van der Waals surface area contributed by atoms with Gasteiger partial charge in [0.25, 0.3) is 5.69 Å². The molecule has 0 aliphatic heterocycles. The lowest BCUT2D eigenvalue weighted by Crippen LogP contribution is -1.97. The molecule has 0 aliphatic carbocycles. The van der Waals surface area contributed by atoms with E-state index in [2.05, 4.69) is 12.6 Å². The summed E-state index contributed by atoms with van der Waals surface area (Å²) in [6.07, 6.45) is 0.672. The molecule has 1 atom stereocenters. The zero-order valence-corrected chi connectivity index (χ0v) is 11.9. The van der Waals surface area contributed by atoms with Gasteiger partial charge in [-0.3, -0.25) is 10.1 Å². The van der Waals surface area contributed by atoms with Crippen LogP contribution in [0.25, 0.3) is 0 Å². The van der Waals surface area contributed by atoms with E-state index in [1.165, 1.54) is 12.1 Å². The number of phenols is 1. The fourth-order valence-electron chi connectivity index (χ4n) is 1.98. The van der Waals surface area contributed by atoms with Gasteiger partial charge in [-0.2, -0.15) is 12.6 Å². The number of nitrogens with zero attached hydrogens (tertiary/aromatic N) is 1. The molecule has 0 aliphatic rings. The Hall–Kier alpha value is -2.01. The first-order valence-corrected chi connectivity index (χ1v) is 6.70. The van der Waals surface area contributed by atoms with Gasteiger partial charge in [0.1, 0.15) is 5.75 Å². The predicted octanol–water partition coefficient (Wildman–Crippen LogP) is 3.82. The number of hydrogen-bond acceptors (Lipinski definition) is 4. The number of nitro groups is 1. The summed E-state index contributed by atoms with van der Waals surface area (Å²) in [6.45, 7) is 1.84. The van der Waals surface area contributed by atoms with Gasteiger partial charge in [-0.15, -0.1) is 0 Å². The first kappa shape index (κ1) is 14.4. The van der Waals surface area contributed by atoms with E-state index < -0.39 is 4.92 Å². The van der Waals surface area contributed by atoms with Crippen molar-refractivity contribution in [1.29, 1.82) is 0 Å². The van der Waals surface area contributed by atoms with Crippen LogP contribution >= 0.6 is 12.6 Å². The van der Waals surface area contributed by atoms with Crippen molar-refractivity contribution in [3.8, 4) is 5.75 Å². The van der Waals surface area contributed by atoms with Crippen molar-refractivity contribution < 1.29 is 10.0 Å². The third-order valence-corrected chi connectivity index (χ3v) is 3.66. The molecule has 0 radical (unpaired) electrons. The van der Waals surface area contributed by atoms with Crippen molar-refractivity contribution in [2.24, 2.45) is 0 Å². The summed E-state index contributed by atoms with van der Waals surface area (Å²) in [7, 11) is 0. The predicted molar refractivity (Wildman–Crippen MR) is 81.4 cm³/mol. The van der Waals surface area contributed by atoms with Crippen LogP contribution in [-0.4, -0.2) is 10.0 Å². The lowest BCUT2D eigenvalue weighted by Gasteiger charge is -2.12. The summed E-state index contributed by atoms with van der Waals surface area (Å²) >= 11 is 4.56. The first-order chi connectivity index (χ1) is 9.47. The molecule has 1 unspecified atom stereocenters. The van der Waals surface area contributed by atoms with Crippen LogP contribution in [0.15, 0.2) is 42.5 Å². The van der Waals surface area contributed by atoms with Gasteiger partial charge in [-0.25, -0.2) is 0 Å². The Kier molecular flexibility index (Phi) is 4.29. The zero-order chi connectivity index (χ0) is 14.7. The quantitative estimate of drug-likeness (QED) is 0.511. The van der Waals surface area contributed by atoms with Crippen molar-refractivity contribution in [3.05, 3.63) is 69.3 Å². The van der Waals surface area contributed by atoms with Crippen LogP contribution in [0.2, 0.25) is 0 Å². The largest absolute Gasteiger partial charge is 0.508 e. The summed E-state index contributed by atoms with van der Waals surface area (Å²) < 4.78 is 0. The van der Waals surface area contributed by atoms with Gasteiger partial charge in [0, 0.05) is 17.4 Å². The lowest BCUT2D eigenvalue weighted by atomic mass is 10.0. The smallest absolute Gasteiger partial charge is 0.269 e. The van der Waals surface area contributed by atoms with Crippen molar-refractivity contribution in [2.75, 3.05) is 0 Å². The second-order valence-electron chi connectivity index (χ2n) is 4.69. The molecule has 20 heavy (non-hydrogen) atoms. The fourth-order valence-corrected chi connectivity index (χ4v) is 2.35. The normalized spacial score (nSPS) is 12.1. The highest BCUT2D eigenvalue weighted by Crippen LogP contribution is 2.28. The summed E-state index contributed by atoms with van der Waals surface area (Å²) in [4.78, 5) is 10.2. The third-order valence-electron chi connectivity index (χ3n) is 3.18. The van der Waals surface area contributed by atoms with Crippen LogP contribution in [0.3, 0.4) is 0 Å². The molecule has 0 heterocycles. The van der Waals surface area contributed by atoms with Crippen molar-refractivity contribution in [1.82, 2.24) is 0 Å². The van der Waals surface area contributed by atoms with Crippen molar-refractivity contribution in [2.45, 2.75) is 18.6 Å². The maximum atomic E-state index is 10.6. The van der Waals surface area contributed by atoms with Gasteiger partial charge in [0.15, 0.2) is 0 Å². The number of benzene rings is 2. The molecule has 0 aromatic heterocycles. The van der Waals surface area contributed by atoms with E-state index in [1.807, 2.05) is 19.1 Å². The van der Waals surface area contributed by atoms with Crippen LogP contribution in [0, 0.1) is 17.0 Å². The number of aryl methyl sites for hydroxylation is 1. The number of phenolic OH excluding ortho intramolecular Hbond substituents is 1. The summed E-state index contributed by atoms with van der Waals surface area (Å²) in [5, 5.41) is 20.1. The van der Waals surface area contributed by atoms with Crippen molar-refractivity contribution >= 4 is 18.3 Å². The summed E-state index contributed by atoms with van der Waals surface area (Å²) in [5.41, 5.74) is 2.90. The number of rotatable bonds is 4. The highest BCUT2D eigenvalue weighted by Gasteiger charge is 2.10. The number of aromatic hydroxyl groups is 1. The molecule has 5 heteroatoms. The topological polar surface area (TPSA) is 63.4 Å². The Labute approximate surface area is 122 Å². The number of thiol groups is 1. The average molecular weight is 289 g/mol. The minimum absolute atomic E-state index is 0.0178. The number of non-ortho nitro benzene ring substituents is 1. The van der Waals surface area contributed by atoms with E-state index in [0.29, 0.717) is 6.42 Å². The Balaban J connectivity index is 2.12. The lowest BCUT2D eigenvalue weighted by molar-refractivity contribution is -0.384. The van der Waals surface area contributed by atoms with Crippen LogP contribution in [0.5, 0.6) is 5.75 Å². The van der Waals surface area contributed by atoms with Gasteiger partial charge < -0.3 is 5.11 Å². The SMILES string of the molecule is Cc1cc(C(S)Cc2ccc([N+](=O)[O-])cc2)ccc1O. The Morgan fingerprint density at radius 1 is 1.25 bits per heavy atom. The van der Waals surface area contributed by atoms with E-state index in [9.17, 15) is 15.2 Å². The molecule has 2 aromatic carbocycles. The molecular weight excluding hydrogens is 274 g/mol. The standard InChI is InChI=1S/C15H15NO3S/c1-10-8-12(4-7-14(10)17)15(20)9-11-2-5-13(6-3-11)16(18)19/h2-8,15,17,20H,9H2,1H3. The first-order valence-electron chi connectivity index (χ1n) is 6.18. The van der Waals surface area contributed by atoms with E-state index in [4.69, 9.17) is 0 Å². The van der Waals surface area contributed by atoms with Gasteiger partial charge in [-0.1, -0.05) is 24.3 Å². The minimum Gasteiger partial charge on any atom is -0.508 e. The third kappa shape index (κ3) is 3.30. The van der Waals surface area contributed by atoms with E-state index >= 15 is 0 Å². The van der Waals surface area contributed by atoms with Gasteiger partial charge in [0.2, 0.25) is 0 Å². The minimum atomic E-state index is -0.411. The van der Waals surface area contributed by atoms with E-state index in [1.54, 1.807) is 18.2 Å². The molecule has 2 aromatic rings.